The molecule has 0 aromatic carbocycles. The van der Waals surface area contributed by atoms with Gasteiger partial charge in [-0.2, -0.15) is 0 Å². The largest absolute Gasteiger partial charge is 0.424 e. The van der Waals surface area contributed by atoms with Crippen LogP contribution in [0.3, 0.4) is 0 Å². The zero-order valence-corrected chi connectivity index (χ0v) is 18.5. The molecule has 0 radical (unpaired) electrons. The number of hydrogen-bond donors (Lipinski definition) is 1. The van der Waals surface area contributed by atoms with Crippen molar-refractivity contribution in [1.82, 2.24) is 14.8 Å². The summed E-state index contributed by atoms with van der Waals surface area (Å²) in [5, 5.41) is 3.19. The molecule has 2 amide bonds. The van der Waals surface area contributed by atoms with Crippen LogP contribution in [-0.2, 0) is 11.8 Å². The SMILES string of the molecule is Cc1cc(C2CCCO2)oc(=O)c1C(=O)N1C[C@H]2CC[C@@H](C1)C2NC(=O)c1cccn1C. The standard InChI is InChI=1S/C24H29N3O5/c1-14-11-19(18-6-4-10-31-18)32-24(30)20(14)23(29)27-12-15-7-8-16(13-27)21(15)25-22(28)17-5-3-9-26(17)2/h3,5,9,11,15-16,18,21H,4,6-8,10,12-13H2,1-2H3,(H,25,28)/t15-,16+,18?,21?. The number of carbonyl (C=O) groups is 2. The van der Waals surface area contributed by atoms with Crippen LogP contribution in [0.1, 0.15) is 64.0 Å². The van der Waals surface area contributed by atoms with Crippen LogP contribution in [0.25, 0.3) is 0 Å². The van der Waals surface area contributed by atoms with Gasteiger partial charge in [0.25, 0.3) is 11.8 Å². The van der Waals surface area contributed by atoms with Gasteiger partial charge in [0.05, 0.1) is 0 Å². The van der Waals surface area contributed by atoms with Crippen molar-refractivity contribution in [3.05, 3.63) is 57.4 Å². The van der Waals surface area contributed by atoms with Gasteiger partial charge >= 0.3 is 5.63 Å². The molecule has 3 aliphatic rings. The number of ether oxygens (including phenoxy) is 1. The molecule has 1 N–H and O–H groups in total. The van der Waals surface area contributed by atoms with Crippen LogP contribution in [0.15, 0.2) is 33.6 Å². The third kappa shape index (κ3) is 3.66. The van der Waals surface area contributed by atoms with E-state index in [1.807, 2.05) is 19.3 Å². The molecule has 2 bridgehead atoms. The number of aromatic nitrogens is 1. The van der Waals surface area contributed by atoms with E-state index in [0.29, 0.717) is 36.7 Å². The Kier molecular flexibility index (Phi) is 5.41. The Hall–Kier alpha value is -2.87. The van der Waals surface area contributed by atoms with E-state index >= 15 is 0 Å². The Balaban J connectivity index is 1.30. The lowest BCUT2D eigenvalue weighted by atomic mass is 9.91. The van der Waals surface area contributed by atoms with E-state index in [0.717, 1.165) is 25.7 Å². The van der Waals surface area contributed by atoms with E-state index in [1.165, 1.54) is 0 Å². The fourth-order valence-electron chi connectivity index (χ4n) is 5.56. The molecule has 1 saturated carbocycles. The average Bonchev–Trinajstić information content (AvgIpc) is 3.48. The summed E-state index contributed by atoms with van der Waals surface area (Å²) in [6.45, 7) is 3.50. The Labute approximate surface area is 186 Å². The molecule has 2 aromatic rings. The summed E-state index contributed by atoms with van der Waals surface area (Å²) in [6.07, 6.45) is 5.32. The van der Waals surface area contributed by atoms with Crippen LogP contribution < -0.4 is 10.9 Å². The second kappa shape index (κ2) is 8.24. The topological polar surface area (TPSA) is 93.8 Å². The molecule has 170 valence electrons. The quantitative estimate of drug-likeness (QED) is 0.790. The van der Waals surface area contributed by atoms with E-state index in [1.54, 1.807) is 28.5 Å². The van der Waals surface area contributed by atoms with E-state index < -0.39 is 5.63 Å². The van der Waals surface area contributed by atoms with Crippen molar-refractivity contribution in [2.24, 2.45) is 18.9 Å². The van der Waals surface area contributed by atoms with Crippen molar-refractivity contribution in [1.29, 1.82) is 0 Å². The molecule has 3 fully saturated rings. The second-order valence-electron chi connectivity index (χ2n) is 9.31. The molecule has 5 rings (SSSR count). The molecule has 8 nitrogen and oxygen atoms in total. The first-order valence-corrected chi connectivity index (χ1v) is 11.4. The first-order valence-electron chi connectivity index (χ1n) is 11.4. The molecular formula is C24H29N3O5. The lowest BCUT2D eigenvalue weighted by Gasteiger charge is -2.38. The number of fused-ring (bicyclic) bond motifs is 2. The van der Waals surface area contributed by atoms with Crippen molar-refractivity contribution < 1.29 is 18.7 Å². The Bertz CT molecular complexity index is 1080. The number of rotatable bonds is 4. The van der Waals surface area contributed by atoms with Gasteiger partial charge in [0, 0.05) is 39.0 Å². The Morgan fingerprint density at radius 2 is 1.91 bits per heavy atom. The molecule has 0 spiro atoms. The number of hydrogen-bond acceptors (Lipinski definition) is 5. The summed E-state index contributed by atoms with van der Waals surface area (Å²) in [6, 6.07) is 5.47. The third-order valence-electron chi connectivity index (χ3n) is 7.22. The minimum atomic E-state index is -0.591. The highest BCUT2D eigenvalue weighted by atomic mass is 16.5. The van der Waals surface area contributed by atoms with Gasteiger partial charge in [0.1, 0.15) is 23.1 Å². The number of carbonyl (C=O) groups excluding carboxylic acids is 2. The van der Waals surface area contributed by atoms with Crippen LogP contribution in [-0.4, -0.2) is 47.0 Å². The molecule has 2 saturated heterocycles. The first-order chi connectivity index (χ1) is 15.4. The van der Waals surface area contributed by atoms with E-state index in [4.69, 9.17) is 9.15 Å². The van der Waals surface area contributed by atoms with Crippen molar-refractivity contribution >= 4 is 11.8 Å². The molecule has 32 heavy (non-hydrogen) atoms. The summed E-state index contributed by atoms with van der Waals surface area (Å²) in [5.74, 6) is 0.504. The monoisotopic (exact) mass is 439 g/mol. The molecule has 2 aromatic heterocycles. The van der Waals surface area contributed by atoms with Gasteiger partial charge in [-0.3, -0.25) is 9.59 Å². The smallest absolute Gasteiger partial charge is 0.349 e. The van der Waals surface area contributed by atoms with Crippen LogP contribution in [0.5, 0.6) is 0 Å². The maximum absolute atomic E-state index is 13.3. The highest BCUT2D eigenvalue weighted by Gasteiger charge is 2.44. The number of aryl methyl sites for hydroxylation is 2. The van der Waals surface area contributed by atoms with Gasteiger partial charge in [0.15, 0.2) is 0 Å². The van der Waals surface area contributed by atoms with E-state index in [9.17, 15) is 14.4 Å². The maximum Gasteiger partial charge on any atom is 0.349 e. The normalized spacial score (nSPS) is 27.0. The molecule has 4 heterocycles. The molecule has 2 aliphatic heterocycles. The summed E-state index contributed by atoms with van der Waals surface area (Å²) in [4.78, 5) is 40.5. The van der Waals surface area contributed by atoms with Crippen molar-refractivity contribution in [2.45, 2.75) is 44.8 Å². The fraction of sp³-hybridized carbons (Fsp3) is 0.542. The average molecular weight is 440 g/mol. The molecule has 2 unspecified atom stereocenters. The lowest BCUT2D eigenvalue weighted by molar-refractivity contribution is 0.0588. The van der Waals surface area contributed by atoms with Crippen molar-refractivity contribution in [3.8, 4) is 0 Å². The number of piperidine rings is 1. The van der Waals surface area contributed by atoms with Crippen LogP contribution in [0.2, 0.25) is 0 Å². The zero-order valence-electron chi connectivity index (χ0n) is 18.5. The summed E-state index contributed by atoms with van der Waals surface area (Å²) in [5.41, 5.74) is 0.773. The van der Waals surface area contributed by atoms with Crippen LogP contribution in [0.4, 0.5) is 0 Å². The van der Waals surface area contributed by atoms with Crippen LogP contribution in [0, 0.1) is 18.8 Å². The van der Waals surface area contributed by atoms with Gasteiger partial charge in [0.2, 0.25) is 0 Å². The molecular weight excluding hydrogens is 410 g/mol. The maximum atomic E-state index is 13.3. The first kappa shape index (κ1) is 21.0. The third-order valence-corrected chi connectivity index (χ3v) is 7.22. The van der Waals surface area contributed by atoms with E-state index in [-0.39, 0.29) is 41.4 Å². The van der Waals surface area contributed by atoms with Gasteiger partial charge in [-0.05, 0) is 68.2 Å². The molecule has 4 atom stereocenters. The molecule has 1 aliphatic carbocycles. The Morgan fingerprint density at radius 1 is 1.16 bits per heavy atom. The summed E-state index contributed by atoms with van der Waals surface area (Å²) >= 11 is 0. The summed E-state index contributed by atoms with van der Waals surface area (Å²) < 4.78 is 12.9. The van der Waals surface area contributed by atoms with Gasteiger partial charge in [-0.25, -0.2) is 4.79 Å². The molecule has 8 heteroatoms. The predicted molar refractivity (Wildman–Crippen MR) is 116 cm³/mol. The van der Waals surface area contributed by atoms with E-state index in [2.05, 4.69) is 5.32 Å². The minimum absolute atomic E-state index is 0.0425. The van der Waals surface area contributed by atoms with Gasteiger partial charge < -0.3 is 23.9 Å². The van der Waals surface area contributed by atoms with Crippen molar-refractivity contribution in [3.63, 3.8) is 0 Å². The predicted octanol–water partition coefficient (Wildman–Crippen LogP) is 2.42. The Morgan fingerprint density at radius 3 is 2.50 bits per heavy atom. The number of likely N-dealkylation sites (tertiary alicyclic amines) is 1. The second-order valence-corrected chi connectivity index (χ2v) is 9.31. The fourth-order valence-corrected chi connectivity index (χ4v) is 5.56. The zero-order chi connectivity index (χ0) is 22.4. The highest BCUT2D eigenvalue weighted by Crippen LogP contribution is 2.38. The van der Waals surface area contributed by atoms with Crippen molar-refractivity contribution in [2.75, 3.05) is 19.7 Å². The van der Waals surface area contributed by atoms with Gasteiger partial charge in [-0.1, -0.05) is 0 Å². The number of amides is 2. The highest BCUT2D eigenvalue weighted by molar-refractivity contribution is 5.95. The van der Waals surface area contributed by atoms with Gasteiger partial charge in [-0.15, -0.1) is 0 Å². The number of nitrogens with zero attached hydrogens (tertiary/aromatic N) is 2. The number of nitrogens with one attached hydrogen (secondary N) is 1. The van der Waals surface area contributed by atoms with Crippen LogP contribution >= 0.6 is 0 Å². The lowest BCUT2D eigenvalue weighted by Crippen LogP contribution is -2.54. The summed E-state index contributed by atoms with van der Waals surface area (Å²) in [7, 11) is 1.85. The minimum Gasteiger partial charge on any atom is -0.424 e.